The Labute approximate surface area is 83.5 Å². The van der Waals surface area contributed by atoms with Gasteiger partial charge in [0.1, 0.15) is 0 Å². The van der Waals surface area contributed by atoms with Crippen molar-refractivity contribution in [1.82, 2.24) is 0 Å². The van der Waals surface area contributed by atoms with Crippen LogP contribution in [0.25, 0.3) is 0 Å². The molecule has 0 aromatic carbocycles. The predicted molar refractivity (Wildman–Crippen MR) is 26.2 cm³/mol. The summed E-state index contributed by atoms with van der Waals surface area (Å²) in [7, 11) is 0. The Morgan fingerprint density at radius 1 is 1.44 bits per heavy atom. The minimum absolute atomic E-state index is 0. The molecule has 0 nitrogen and oxygen atoms in total. The van der Waals surface area contributed by atoms with E-state index in [4.69, 9.17) is 0 Å². The van der Waals surface area contributed by atoms with Crippen molar-refractivity contribution in [2.45, 2.75) is 13.3 Å². The predicted octanol–water partition coefficient (Wildman–Crippen LogP) is -4.30. The molecule has 0 spiro atoms. The summed E-state index contributed by atoms with van der Waals surface area (Å²) in [6.07, 6.45) is 8.33. The Morgan fingerprint density at radius 2 is 2.00 bits per heavy atom. The monoisotopic (exact) mass is 197 g/mol. The fourth-order valence-corrected chi connectivity index (χ4v) is 0.515. The normalized spacial score (nSPS) is 12.3. The molecule has 1 radical (unpaired) electrons. The molecule has 0 atom stereocenters. The molecule has 0 aliphatic heterocycles. The minimum Gasteiger partial charge on any atom is -1.00 e. The first-order valence-electron chi connectivity index (χ1n) is 2.13. The van der Waals surface area contributed by atoms with Gasteiger partial charge in [0.2, 0.25) is 0 Å². The van der Waals surface area contributed by atoms with Crippen LogP contribution in [-0.4, -0.2) is 0 Å². The van der Waals surface area contributed by atoms with Gasteiger partial charge in [-0.15, -0.1) is 6.42 Å². The van der Waals surface area contributed by atoms with E-state index in [0.717, 1.165) is 6.42 Å². The van der Waals surface area contributed by atoms with Gasteiger partial charge in [-0.2, -0.15) is 6.08 Å². The van der Waals surface area contributed by atoms with E-state index >= 15 is 0 Å². The summed E-state index contributed by atoms with van der Waals surface area (Å²) in [5, 5.41) is 0. The van der Waals surface area contributed by atoms with E-state index in [0.29, 0.717) is 0 Å². The summed E-state index contributed by atoms with van der Waals surface area (Å²) in [6, 6.07) is 0. The van der Waals surface area contributed by atoms with Crippen molar-refractivity contribution in [2.24, 2.45) is 0 Å². The zero-order valence-corrected chi connectivity index (χ0v) is 8.19. The third-order valence-electron chi connectivity index (χ3n) is 0.867. The van der Waals surface area contributed by atoms with Crippen molar-refractivity contribution >= 4 is 0 Å². The summed E-state index contributed by atoms with van der Waals surface area (Å²) in [6.45, 7) is 2.06. The molecule has 0 fully saturated rings. The van der Waals surface area contributed by atoms with E-state index in [-0.39, 0.29) is 46.5 Å². The molecule has 0 aromatic heterocycles. The Bertz CT molecular complexity index is 105. The van der Waals surface area contributed by atoms with Crippen LogP contribution in [0, 0.1) is 6.08 Å². The molecular weight excluding hydrogens is 191 g/mol. The third-order valence-corrected chi connectivity index (χ3v) is 0.867. The topological polar surface area (TPSA) is 0 Å². The molecule has 9 heavy (non-hydrogen) atoms. The fraction of sp³-hybridized carbons (Fsp3) is 0.333. The van der Waals surface area contributed by atoms with Gasteiger partial charge >= 0.3 is 21.7 Å². The standard InChI is InChI=1S/C6H7.2ClH.Ti/c1-6-4-2-3-5-6;;;/h2,4H,3H2,1H3;2*1H;/q-1;;;+3/p-2. The number of hydrogen-bond donors (Lipinski definition) is 0. The molecule has 3 heteroatoms. The number of hydrogen-bond acceptors (Lipinski definition) is 0. The van der Waals surface area contributed by atoms with E-state index in [1.165, 1.54) is 5.57 Å². The maximum absolute atomic E-state index is 3.12. The van der Waals surface area contributed by atoms with Gasteiger partial charge in [-0.1, -0.05) is 6.92 Å². The molecule has 0 N–H and O–H groups in total. The largest absolute Gasteiger partial charge is 3.00 e. The zero-order valence-electron chi connectivity index (χ0n) is 5.12. The maximum Gasteiger partial charge on any atom is 3.00 e. The van der Waals surface area contributed by atoms with Crippen molar-refractivity contribution < 1.29 is 46.5 Å². The second kappa shape index (κ2) is 8.77. The van der Waals surface area contributed by atoms with Crippen LogP contribution in [0.1, 0.15) is 13.3 Å². The summed E-state index contributed by atoms with van der Waals surface area (Å²) in [5.74, 6) is 0. The van der Waals surface area contributed by atoms with E-state index in [1.54, 1.807) is 0 Å². The number of rotatable bonds is 0. The van der Waals surface area contributed by atoms with Gasteiger partial charge in [0.15, 0.2) is 0 Å². The fourth-order valence-electron chi connectivity index (χ4n) is 0.515. The SMILES string of the molecule is CC1=[C-]CC=C1.[Cl-].[Cl-].[Ti+3]. The molecule has 0 aromatic rings. The van der Waals surface area contributed by atoms with Gasteiger partial charge < -0.3 is 24.8 Å². The van der Waals surface area contributed by atoms with E-state index in [9.17, 15) is 0 Å². The van der Waals surface area contributed by atoms with E-state index in [1.807, 2.05) is 0 Å². The van der Waals surface area contributed by atoms with Crippen LogP contribution in [0.5, 0.6) is 0 Å². The summed E-state index contributed by atoms with van der Waals surface area (Å²) in [5.41, 5.74) is 1.27. The van der Waals surface area contributed by atoms with Crippen LogP contribution in [0.15, 0.2) is 17.7 Å². The minimum atomic E-state index is 0. The van der Waals surface area contributed by atoms with Gasteiger partial charge in [0.25, 0.3) is 0 Å². The number of allylic oxidation sites excluding steroid dienone is 4. The van der Waals surface area contributed by atoms with Crippen LogP contribution in [0.4, 0.5) is 0 Å². The van der Waals surface area contributed by atoms with Crippen LogP contribution in [0.3, 0.4) is 0 Å². The van der Waals surface area contributed by atoms with Crippen LogP contribution >= 0.6 is 0 Å². The van der Waals surface area contributed by atoms with Gasteiger partial charge in [0, 0.05) is 0 Å². The van der Waals surface area contributed by atoms with Crippen LogP contribution in [-0.2, 0) is 21.7 Å². The van der Waals surface area contributed by atoms with Crippen LogP contribution in [0.2, 0.25) is 0 Å². The van der Waals surface area contributed by atoms with Crippen molar-refractivity contribution in [3.8, 4) is 0 Å². The van der Waals surface area contributed by atoms with Crippen molar-refractivity contribution in [2.75, 3.05) is 0 Å². The van der Waals surface area contributed by atoms with E-state index in [2.05, 4.69) is 25.2 Å². The number of halogens is 2. The average molecular weight is 198 g/mol. The Morgan fingerprint density at radius 3 is 2.11 bits per heavy atom. The first-order valence-corrected chi connectivity index (χ1v) is 2.13. The molecule has 1 aliphatic carbocycles. The third kappa shape index (κ3) is 6.66. The Kier molecular flexibility index (Phi) is 16.0. The van der Waals surface area contributed by atoms with Gasteiger partial charge in [-0.3, -0.25) is 6.08 Å². The quantitative estimate of drug-likeness (QED) is 0.273. The van der Waals surface area contributed by atoms with Crippen molar-refractivity contribution in [3.63, 3.8) is 0 Å². The second-order valence-electron chi connectivity index (χ2n) is 1.47. The van der Waals surface area contributed by atoms with Gasteiger partial charge in [-0.25, -0.2) is 11.6 Å². The van der Waals surface area contributed by atoms with Gasteiger partial charge in [0.05, 0.1) is 0 Å². The Hall–Kier alpha value is 0.774. The molecule has 0 saturated carbocycles. The van der Waals surface area contributed by atoms with Crippen molar-refractivity contribution in [1.29, 1.82) is 0 Å². The first-order chi connectivity index (χ1) is 2.89. The smallest absolute Gasteiger partial charge is 1.00 e. The molecule has 0 unspecified atom stereocenters. The average Bonchev–Trinajstić information content (AvgIpc) is 1.86. The second-order valence-corrected chi connectivity index (χ2v) is 1.47. The Balaban J connectivity index is -0.000000120. The first kappa shape index (κ1) is 16.4. The maximum atomic E-state index is 3.12. The molecule has 1 aliphatic rings. The van der Waals surface area contributed by atoms with E-state index < -0.39 is 0 Å². The van der Waals surface area contributed by atoms with Crippen molar-refractivity contribution in [3.05, 3.63) is 23.8 Å². The molecule has 0 bridgehead atoms. The molecule has 0 saturated heterocycles. The van der Waals surface area contributed by atoms with Crippen LogP contribution < -0.4 is 24.8 Å². The molecule has 49 valence electrons. The molecule has 1 rings (SSSR count). The van der Waals surface area contributed by atoms with Gasteiger partial charge in [-0.05, 0) is 0 Å². The summed E-state index contributed by atoms with van der Waals surface area (Å²) < 4.78 is 0. The summed E-state index contributed by atoms with van der Waals surface area (Å²) in [4.78, 5) is 0. The molecule has 0 amide bonds. The molecule has 0 heterocycles. The zero-order chi connectivity index (χ0) is 4.41. The summed E-state index contributed by atoms with van der Waals surface area (Å²) >= 11 is 0. The molecular formula is C6H7Cl2Ti.